The molecule has 1 fully saturated rings. The molecule has 2 heterocycles. The van der Waals surface area contributed by atoms with E-state index in [1.165, 1.54) is 17.7 Å². The molecule has 4 aromatic rings. The lowest BCUT2D eigenvalue weighted by Gasteiger charge is -2.17. The van der Waals surface area contributed by atoms with E-state index in [1.54, 1.807) is 25.1 Å². The molecule has 0 saturated carbocycles. The van der Waals surface area contributed by atoms with Gasteiger partial charge < -0.3 is 10.0 Å². The Balaban J connectivity index is 1.43. The van der Waals surface area contributed by atoms with Crippen LogP contribution in [0.5, 0.6) is 0 Å². The topological polar surface area (TPSA) is 83.4 Å². The first-order chi connectivity index (χ1) is 19.6. The minimum absolute atomic E-state index is 0.0872. The van der Waals surface area contributed by atoms with Crippen LogP contribution >= 0.6 is 0 Å². The van der Waals surface area contributed by atoms with E-state index >= 15 is 0 Å². The Kier molecular flexibility index (Phi) is 8.06. The number of aromatic nitrogens is 2. The Morgan fingerprint density at radius 2 is 1.73 bits per heavy atom. The Morgan fingerprint density at radius 3 is 2.41 bits per heavy atom. The third-order valence-corrected chi connectivity index (χ3v) is 7.69. The number of hydrogen-bond acceptors (Lipinski definition) is 4. The summed E-state index contributed by atoms with van der Waals surface area (Å²) in [5, 5.41) is 9.24. The number of likely N-dealkylation sites (tertiary alicyclic amines) is 1. The Morgan fingerprint density at radius 1 is 1.00 bits per heavy atom. The number of hydrogen-bond donors (Lipinski definition) is 1. The van der Waals surface area contributed by atoms with E-state index in [4.69, 9.17) is 9.97 Å². The lowest BCUT2D eigenvalue weighted by molar-refractivity contribution is -0.141. The molecule has 1 aliphatic rings. The minimum Gasteiger partial charge on any atom is -0.481 e. The summed E-state index contributed by atoms with van der Waals surface area (Å²) in [4.78, 5) is 36.0. The predicted octanol–water partition coefficient (Wildman–Crippen LogP) is 6.99. The highest BCUT2D eigenvalue weighted by Gasteiger charge is 2.30. The Labute approximate surface area is 235 Å². The van der Waals surface area contributed by atoms with E-state index in [-0.39, 0.29) is 11.8 Å². The molecule has 9 heteroatoms. The molecule has 1 saturated heterocycles. The second-order valence-electron chi connectivity index (χ2n) is 10.6. The van der Waals surface area contributed by atoms with E-state index in [1.807, 2.05) is 23.1 Å². The zero-order chi connectivity index (χ0) is 29.1. The predicted molar refractivity (Wildman–Crippen MR) is 149 cm³/mol. The van der Waals surface area contributed by atoms with Gasteiger partial charge in [-0.05, 0) is 61.6 Å². The summed E-state index contributed by atoms with van der Waals surface area (Å²) in [6.45, 7) is 2.91. The molecule has 3 aromatic carbocycles. The van der Waals surface area contributed by atoms with Gasteiger partial charge in [0.2, 0.25) is 0 Å². The molecule has 0 bridgehead atoms. The van der Waals surface area contributed by atoms with E-state index in [2.05, 4.69) is 12.1 Å². The zero-order valence-corrected chi connectivity index (χ0v) is 22.6. The number of rotatable bonds is 8. The molecule has 1 amide bonds. The average molecular weight is 562 g/mol. The molecule has 0 radical (unpaired) electrons. The van der Waals surface area contributed by atoms with Gasteiger partial charge in [0.15, 0.2) is 0 Å². The standard InChI is InChI=1S/C32H30F3N3O3/c1-20(31(40)41)6-5-9-27-29(22-10-13-25(14-11-22)32(33,34)35)37-26-15-12-23(18-28(26)36-27)30(39)38-17-16-24(19-38)21-7-3-2-4-8-21/h2-4,7-8,10-15,18,20,24H,5-6,9,16-17,19H2,1H3,(H,40,41)/t20?,24-/m1/s1. The zero-order valence-electron chi connectivity index (χ0n) is 22.6. The van der Waals surface area contributed by atoms with Gasteiger partial charge in [0.25, 0.3) is 5.91 Å². The average Bonchev–Trinajstić information content (AvgIpc) is 3.46. The van der Waals surface area contributed by atoms with Crippen LogP contribution in [0, 0.1) is 5.92 Å². The molecular formula is C32H30F3N3O3. The monoisotopic (exact) mass is 561 g/mol. The van der Waals surface area contributed by atoms with Crippen LogP contribution in [-0.4, -0.2) is 44.9 Å². The largest absolute Gasteiger partial charge is 0.481 e. The first-order valence-corrected chi connectivity index (χ1v) is 13.7. The first-order valence-electron chi connectivity index (χ1n) is 13.7. The van der Waals surface area contributed by atoms with Crippen molar-refractivity contribution in [1.29, 1.82) is 0 Å². The molecule has 5 rings (SSSR count). The van der Waals surface area contributed by atoms with Crippen molar-refractivity contribution in [1.82, 2.24) is 14.9 Å². The number of carbonyl (C=O) groups excluding carboxylic acids is 1. The molecule has 41 heavy (non-hydrogen) atoms. The van der Waals surface area contributed by atoms with Crippen molar-refractivity contribution < 1.29 is 27.9 Å². The fraction of sp³-hybridized carbons (Fsp3) is 0.312. The van der Waals surface area contributed by atoms with Crippen molar-refractivity contribution in [3.05, 3.63) is 95.2 Å². The Hall–Kier alpha value is -4.27. The molecule has 1 N–H and O–H groups in total. The second kappa shape index (κ2) is 11.7. The normalized spacial score (nSPS) is 16.2. The molecule has 1 unspecified atom stereocenters. The van der Waals surface area contributed by atoms with Crippen LogP contribution in [-0.2, 0) is 17.4 Å². The maximum absolute atomic E-state index is 13.4. The lowest BCUT2D eigenvalue weighted by atomic mass is 9.99. The minimum atomic E-state index is -4.46. The van der Waals surface area contributed by atoms with Crippen LogP contribution in [0.25, 0.3) is 22.3 Å². The number of alkyl halides is 3. The van der Waals surface area contributed by atoms with Gasteiger partial charge in [-0.3, -0.25) is 9.59 Å². The van der Waals surface area contributed by atoms with Gasteiger partial charge in [0.1, 0.15) is 0 Å². The number of aryl methyl sites for hydroxylation is 1. The van der Waals surface area contributed by atoms with E-state index in [9.17, 15) is 27.9 Å². The Bertz CT molecular complexity index is 1560. The van der Waals surface area contributed by atoms with Crippen LogP contribution in [0.15, 0.2) is 72.8 Å². The number of carboxylic acid groups (broad SMARTS) is 1. The number of amides is 1. The van der Waals surface area contributed by atoms with E-state index in [0.717, 1.165) is 18.6 Å². The molecule has 0 spiro atoms. The fourth-order valence-electron chi connectivity index (χ4n) is 5.27. The van der Waals surface area contributed by atoms with Gasteiger partial charge in [-0.2, -0.15) is 13.2 Å². The van der Waals surface area contributed by atoms with Crippen molar-refractivity contribution in [3.63, 3.8) is 0 Å². The van der Waals surface area contributed by atoms with Crippen molar-refractivity contribution in [2.75, 3.05) is 13.1 Å². The summed E-state index contributed by atoms with van der Waals surface area (Å²) in [6.07, 6.45) is -2.26. The lowest BCUT2D eigenvalue weighted by Crippen LogP contribution is -2.28. The number of fused-ring (bicyclic) bond motifs is 1. The first kappa shape index (κ1) is 28.3. The summed E-state index contributed by atoms with van der Waals surface area (Å²) >= 11 is 0. The van der Waals surface area contributed by atoms with Crippen LogP contribution in [0.4, 0.5) is 13.2 Å². The molecule has 6 nitrogen and oxygen atoms in total. The van der Waals surface area contributed by atoms with Gasteiger partial charge in [-0.25, -0.2) is 9.97 Å². The molecule has 2 atom stereocenters. The van der Waals surface area contributed by atoms with Crippen LogP contribution in [0.1, 0.15) is 59.3 Å². The van der Waals surface area contributed by atoms with Crippen molar-refractivity contribution in [2.24, 2.45) is 5.92 Å². The van der Waals surface area contributed by atoms with Gasteiger partial charge in [0.05, 0.1) is 33.9 Å². The second-order valence-corrected chi connectivity index (χ2v) is 10.6. The number of carbonyl (C=O) groups is 2. The van der Waals surface area contributed by atoms with Crippen molar-refractivity contribution in [3.8, 4) is 11.3 Å². The highest BCUT2D eigenvalue weighted by Crippen LogP contribution is 2.33. The molecule has 1 aliphatic heterocycles. The maximum Gasteiger partial charge on any atom is 0.416 e. The molecular weight excluding hydrogens is 531 g/mol. The van der Waals surface area contributed by atoms with Crippen LogP contribution in [0.2, 0.25) is 0 Å². The van der Waals surface area contributed by atoms with E-state index < -0.39 is 23.6 Å². The number of nitrogens with zero attached hydrogens (tertiary/aromatic N) is 3. The van der Waals surface area contributed by atoms with Crippen LogP contribution in [0.3, 0.4) is 0 Å². The number of benzene rings is 3. The van der Waals surface area contributed by atoms with Gasteiger partial charge >= 0.3 is 12.1 Å². The number of aliphatic carboxylic acids is 1. The summed E-state index contributed by atoms with van der Waals surface area (Å²) in [7, 11) is 0. The summed E-state index contributed by atoms with van der Waals surface area (Å²) in [5.41, 5.74) is 3.44. The molecule has 212 valence electrons. The van der Waals surface area contributed by atoms with Crippen molar-refractivity contribution >= 4 is 22.9 Å². The van der Waals surface area contributed by atoms with Crippen molar-refractivity contribution in [2.45, 2.75) is 44.7 Å². The SMILES string of the molecule is CC(CCCc1nc2cc(C(=O)N3CC[C@@H](c4ccccc4)C3)ccc2nc1-c1ccc(C(F)(F)F)cc1)C(=O)O. The van der Waals surface area contributed by atoms with Gasteiger partial charge in [-0.15, -0.1) is 0 Å². The highest BCUT2D eigenvalue weighted by molar-refractivity contribution is 5.97. The quantitative estimate of drug-likeness (QED) is 0.251. The third kappa shape index (κ3) is 6.39. The highest BCUT2D eigenvalue weighted by atomic mass is 19.4. The van der Waals surface area contributed by atoms with Crippen LogP contribution < -0.4 is 0 Å². The maximum atomic E-state index is 13.4. The smallest absolute Gasteiger partial charge is 0.416 e. The van der Waals surface area contributed by atoms with Gasteiger partial charge in [-0.1, -0.05) is 49.4 Å². The fourth-order valence-corrected chi connectivity index (χ4v) is 5.27. The summed E-state index contributed by atoms with van der Waals surface area (Å²) in [5.74, 6) is -1.23. The third-order valence-electron chi connectivity index (χ3n) is 7.69. The molecule has 1 aromatic heterocycles. The molecule has 0 aliphatic carbocycles. The summed E-state index contributed by atoms with van der Waals surface area (Å²) in [6, 6.07) is 20.0. The number of carboxylic acids is 1. The number of halogens is 3. The van der Waals surface area contributed by atoms with Gasteiger partial charge in [0, 0.05) is 30.1 Å². The van der Waals surface area contributed by atoms with E-state index in [0.29, 0.717) is 65.9 Å². The summed E-state index contributed by atoms with van der Waals surface area (Å²) < 4.78 is 39.4.